The third-order valence-corrected chi connectivity index (χ3v) is 5.33. The van der Waals surface area contributed by atoms with Gasteiger partial charge in [0.1, 0.15) is 11.3 Å². The van der Waals surface area contributed by atoms with Gasteiger partial charge in [0.2, 0.25) is 0 Å². The number of carboxylic acid groups (broad SMARTS) is 1. The fourth-order valence-corrected chi connectivity index (χ4v) is 3.68. The van der Waals surface area contributed by atoms with Gasteiger partial charge in [0.05, 0.1) is 13.0 Å². The molecule has 3 atom stereocenters. The summed E-state index contributed by atoms with van der Waals surface area (Å²) in [4.78, 5) is 23.6. The Morgan fingerprint density at radius 2 is 2.00 bits per heavy atom. The molecule has 2 heterocycles. The fraction of sp³-hybridized carbons (Fsp3) is 0.933. The summed E-state index contributed by atoms with van der Waals surface area (Å²) in [6.07, 6.45) is 2.38. The van der Waals surface area contributed by atoms with Gasteiger partial charge in [-0.25, -0.2) is 9.78 Å². The van der Waals surface area contributed by atoms with Crippen molar-refractivity contribution in [1.82, 2.24) is 10.2 Å². The number of rotatable bonds is 6. The van der Waals surface area contributed by atoms with Crippen molar-refractivity contribution in [1.29, 1.82) is 0 Å². The lowest BCUT2D eigenvalue weighted by Crippen LogP contribution is -2.66. The first-order valence-corrected chi connectivity index (χ1v) is 8.01. The number of nitrogens with one attached hydrogen (secondary N) is 1. The van der Waals surface area contributed by atoms with Gasteiger partial charge in [-0.05, 0) is 26.8 Å². The van der Waals surface area contributed by atoms with Crippen LogP contribution in [0.2, 0.25) is 0 Å². The molecule has 0 radical (unpaired) electrons. The molecule has 1 spiro atoms. The van der Waals surface area contributed by atoms with Crippen LogP contribution in [-0.2, 0) is 14.6 Å². The van der Waals surface area contributed by atoms with Crippen LogP contribution in [0.5, 0.6) is 0 Å². The van der Waals surface area contributed by atoms with Gasteiger partial charge >= 0.3 is 5.97 Å². The molecule has 128 valence electrons. The minimum Gasteiger partial charge on any atom is -0.481 e. The predicted octanol–water partition coefficient (Wildman–Crippen LogP) is 0.580. The standard InChI is InChI=1S/C15H28N2O5/c1-11(10-13(18)19)15(20,12(2)16-3)17-7-4-14(5-8-17)6-9-21-22-14/h11-12,16,20H,4-10H2,1-3H3,(H,18,19)/t11-,12+,15-/m1/s1. The number of nitrogens with zero attached hydrogens (tertiary/aromatic N) is 1. The van der Waals surface area contributed by atoms with Gasteiger partial charge < -0.3 is 15.5 Å². The van der Waals surface area contributed by atoms with E-state index in [4.69, 9.17) is 14.9 Å². The van der Waals surface area contributed by atoms with Crippen molar-refractivity contribution in [2.45, 2.75) is 56.9 Å². The Labute approximate surface area is 131 Å². The van der Waals surface area contributed by atoms with Crippen LogP contribution in [0.15, 0.2) is 0 Å². The summed E-state index contributed by atoms with van der Waals surface area (Å²) in [5.74, 6) is -1.28. The molecule has 0 unspecified atom stereocenters. The number of hydrogen-bond acceptors (Lipinski definition) is 6. The molecular formula is C15H28N2O5. The number of hydrogen-bond donors (Lipinski definition) is 3. The number of likely N-dealkylation sites (tertiary alicyclic amines) is 1. The lowest BCUT2D eigenvalue weighted by molar-refractivity contribution is -0.320. The molecule has 0 amide bonds. The quantitative estimate of drug-likeness (QED) is 0.617. The average molecular weight is 316 g/mol. The Morgan fingerprint density at radius 3 is 2.45 bits per heavy atom. The number of carbonyl (C=O) groups is 1. The normalized spacial score (nSPS) is 27.5. The number of aliphatic carboxylic acids is 1. The largest absolute Gasteiger partial charge is 0.481 e. The summed E-state index contributed by atoms with van der Waals surface area (Å²) in [6, 6.07) is -0.239. The predicted molar refractivity (Wildman–Crippen MR) is 80.1 cm³/mol. The molecule has 2 saturated heterocycles. The van der Waals surface area contributed by atoms with Crippen LogP contribution >= 0.6 is 0 Å². The molecule has 0 aliphatic carbocycles. The van der Waals surface area contributed by atoms with Crippen molar-refractivity contribution in [2.75, 3.05) is 26.7 Å². The highest BCUT2D eigenvalue weighted by Crippen LogP contribution is 2.38. The van der Waals surface area contributed by atoms with Gasteiger partial charge in [-0.1, -0.05) is 6.92 Å². The topological polar surface area (TPSA) is 91.3 Å². The van der Waals surface area contributed by atoms with E-state index < -0.39 is 11.7 Å². The van der Waals surface area contributed by atoms with E-state index in [1.165, 1.54) is 0 Å². The van der Waals surface area contributed by atoms with Gasteiger partial charge in [-0.3, -0.25) is 9.69 Å². The summed E-state index contributed by atoms with van der Waals surface area (Å²) in [6.45, 7) is 5.62. The van der Waals surface area contributed by atoms with Gasteiger partial charge in [0.25, 0.3) is 0 Å². The van der Waals surface area contributed by atoms with Crippen LogP contribution in [-0.4, -0.2) is 65.2 Å². The van der Waals surface area contributed by atoms with Crippen LogP contribution in [0.3, 0.4) is 0 Å². The fourth-order valence-electron chi connectivity index (χ4n) is 3.68. The molecule has 0 aromatic rings. The maximum Gasteiger partial charge on any atom is 0.303 e. The number of carboxylic acids is 1. The summed E-state index contributed by atoms with van der Waals surface area (Å²) in [5, 5.41) is 23.4. The minimum absolute atomic E-state index is 0.0657. The first-order chi connectivity index (χ1) is 10.3. The SMILES string of the molecule is CN[C@@H](C)[C@](O)([C@H](C)CC(=O)O)N1CCC2(CCOO2)CC1. The second-order valence-corrected chi connectivity index (χ2v) is 6.62. The highest BCUT2D eigenvalue weighted by Gasteiger charge is 2.49. The Bertz CT molecular complexity index is 389. The molecule has 0 aromatic heterocycles. The molecule has 7 heteroatoms. The number of likely N-dealkylation sites (N-methyl/N-ethyl adjacent to an activating group) is 1. The molecule has 2 fully saturated rings. The van der Waals surface area contributed by atoms with Crippen molar-refractivity contribution in [2.24, 2.45) is 5.92 Å². The monoisotopic (exact) mass is 316 g/mol. The van der Waals surface area contributed by atoms with Crippen molar-refractivity contribution in [3.63, 3.8) is 0 Å². The molecule has 2 aliphatic rings. The average Bonchev–Trinajstić information content (AvgIpc) is 2.93. The molecule has 0 bridgehead atoms. The third kappa shape index (κ3) is 3.28. The van der Waals surface area contributed by atoms with Crippen LogP contribution in [0, 0.1) is 5.92 Å². The Kier molecular flexibility index (Phi) is 5.45. The van der Waals surface area contributed by atoms with Gasteiger partial charge in [0.15, 0.2) is 0 Å². The second-order valence-electron chi connectivity index (χ2n) is 6.62. The van der Waals surface area contributed by atoms with E-state index in [2.05, 4.69) is 5.32 Å². The van der Waals surface area contributed by atoms with Crippen LogP contribution in [0.25, 0.3) is 0 Å². The zero-order valence-electron chi connectivity index (χ0n) is 13.7. The maximum atomic E-state index is 11.3. The molecule has 0 aromatic carbocycles. The van der Waals surface area contributed by atoms with Crippen molar-refractivity contribution >= 4 is 5.97 Å². The zero-order chi connectivity index (χ0) is 16.4. The number of piperidine rings is 1. The van der Waals surface area contributed by atoms with Crippen LogP contribution in [0.1, 0.15) is 39.5 Å². The molecule has 2 aliphatic heterocycles. The summed E-state index contributed by atoms with van der Waals surface area (Å²) >= 11 is 0. The number of aliphatic hydroxyl groups is 1. The van der Waals surface area contributed by atoms with Crippen LogP contribution in [0.4, 0.5) is 0 Å². The molecular weight excluding hydrogens is 288 g/mol. The first-order valence-electron chi connectivity index (χ1n) is 8.01. The van der Waals surface area contributed by atoms with Gasteiger partial charge in [-0.2, -0.15) is 0 Å². The third-order valence-electron chi connectivity index (χ3n) is 5.33. The molecule has 7 nitrogen and oxygen atoms in total. The van der Waals surface area contributed by atoms with E-state index in [-0.39, 0.29) is 24.0 Å². The Balaban J connectivity index is 2.11. The highest BCUT2D eigenvalue weighted by molar-refractivity contribution is 5.67. The first kappa shape index (κ1) is 17.6. The summed E-state index contributed by atoms with van der Waals surface area (Å²) < 4.78 is 0. The zero-order valence-corrected chi connectivity index (χ0v) is 13.7. The van der Waals surface area contributed by atoms with Crippen molar-refractivity contribution in [3.05, 3.63) is 0 Å². The van der Waals surface area contributed by atoms with Crippen molar-refractivity contribution in [3.8, 4) is 0 Å². The lowest BCUT2D eigenvalue weighted by Gasteiger charge is -2.50. The molecule has 0 saturated carbocycles. The van der Waals surface area contributed by atoms with E-state index in [0.717, 1.165) is 19.3 Å². The summed E-state index contributed by atoms with van der Waals surface area (Å²) in [7, 11) is 1.78. The molecule has 3 N–H and O–H groups in total. The Morgan fingerprint density at radius 1 is 1.36 bits per heavy atom. The lowest BCUT2D eigenvalue weighted by atomic mass is 9.82. The van der Waals surface area contributed by atoms with Crippen molar-refractivity contribution < 1.29 is 24.8 Å². The molecule has 2 rings (SSSR count). The van der Waals surface area contributed by atoms with E-state index in [1.54, 1.807) is 14.0 Å². The van der Waals surface area contributed by atoms with E-state index in [9.17, 15) is 9.90 Å². The second kappa shape index (κ2) is 6.80. The van der Waals surface area contributed by atoms with E-state index >= 15 is 0 Å². The van der Waals surface area contributed by atoms with Gasteiger partial charge in [-0.15, -0.1) is 0 Å². The van der Waals surface area contributed by atoms with E-state index in [0.29, 0.717) is 19.7 Å². The summed E-state index contributed by atoms with van der Waals surface area (Å²) in [5.41, 5.74) is -1.43. The smallest absolute Gasteiger partial charge is 0.303 e. The molecule has 22 heavy (non-hydrogen) atoms. The Hall–Kier alpha value is -0.730. The van der Waals surface area contributed by atoms with E-state index in [1.807, 2.05) is 11.8 Å². The van der Waals surface area contributed by atoms with Crippen LogP contribution < -0.4 is 5.32 Å². The maximum absolute atomic E-state index is 11.3. The van der Waals surface area contributed by atoms with Gasteiger partial charge in [0, 0.05) is 31.5 Å². The minimum atomic E-state index is -1.20. The highest BCUT2D eigenvalue weighted by atomic mass is 17.2.